The number of benzene rings is 1. The minimum absolute atomic E-state index is 0.00982. The second kappa shape index (κ2) is 14.3. The molecule has 2 unspecified atom stereocenters. The summed E-state index contributed by atoms with van der Waals surface area (Å²) in [7, 11) is 0. The average Bonchev–Trinajstić information content (AvgIpc) is 2.89. The number of halogens is 4. The van der Waals surface area contributed by atoms with Gasteiger partial charge in [-0.3, -0.25) is 9.59 Å². The first-order valence-corrected chi connectivity index (χ1v) is 13.8. The Balaban J connectivity index is 1.84. The minimum atomic E-state index is -4.51. The van der Waals surface area contributed by atoms with Gasteiger partial charge < -0.3 is 20.6 Å². The van der Waals surface area contributed by atoms with Gasteiger partial charge in [0.25, 0.3) is 0 Å². The number of piperidine rings is 1. The molecule has 3 N–H and O–H groups in total. The molecule has 0 radical (unpaired) electrons. The highest BCUT2D eigenvalue weighted by atomic mass is 19.4. The van der Waals surface area contributed by atoms with E-state index in [1.807, 2.05) is 0 Å². The zero-order valence-corrected chi connectivity index (χ0v) is 22.1. The SMILES string of the molecule is CC(F)c1cccc(C(C(=O)NCC2CCNCC2)N(CCC(F)(F)F)C(=O)CCC2CCC(O)CC2)c1. The van der Waals surface area contributed by atoms with Crippen molar-refractivity contribution in [3.8, 4) is 0 Å². The number of hydrogen-bond acceptors (Lipinski definition) is 4. The molecule has 214 valence electrons. The van der Waals surface area contributed by atoms with E-state index in [9.17, 15) is 32.3 Å². The van der Waals surface area contributed by atoms with Crippen LogP contribution in [-0.4, -0.2) is 60.3 Å². The molecule has 1 aliphatic heterocycles. The van der Waals surface area contributed by atoms with Crippen molar-refractivity contribution in [3.63, 3.8) is 0 Å². The van der Waals surface area contributed by atoms with Crippen molar-refractivity contribution in [1.29, 1.82) is 0 Å². The van der Waals surface area contributed by atoms with Crippen molar-refractivity contribution >= 4 is 11.8 Å². The van der Waals surface area contributed by atoms with Crippen LogP contribution in [0.4, 0.5) is 17.6 Å². The Hall–Kier alpha value is -2.20. The zero-order chi connectivity index (χ0) is 27.7. The van der Waals surface area contributed by atoms with E-state index < -0.39 is 43.2 Å². The maximum absolute atomic E-state index is 14.1. The molecule has 2 fully saturated rings. The predicted molar refractivity (Wildman–Crippen MR) is 137 cm³/mol. The highest BCUT2D eigenvalue weighted by Gasteiger charge is 2.36. The molecular formula is C28H41F4N3O3. The van der Waals surface area contributed by atoms with Gasteiger partial charge in [-0.25, -0.2) is 4.39 Å². The second-order valence-corrected chi connectivity index (χ2v) is 10.8. The summed E-state index contributed by atoms with van der Waals surface area (Å²) in [6.45, 7) is 2.71. The molecule has 0 spiro atoms. The van der Waals surface area contributed by atoms with E-state index in [0.29, 0.717) is 36.9 Å². The normalized spacial score (nSPS) is 22.5. The Bertz CT molecular complexity index is 898. The number of hydrogen-bond donors (Lipinski definition) is 3. The van der Waals surface area contributed by atoms with Crippen LogP contribution >= 0.6 is 0 Å². The van der Waals surface area contributed by atoms with Crippen LogP contribution in [0.1, 0.15) is 88.1 Å². The van der Waals surface area contributed by atoms with Gasteiger partial charge in [-0.05, 0) is 87.9 Å². The van der Waals surface area contributed by atoms with Crippen LogP contribution in [-0.2, 0) is 9.59 Å². The summed E-state index contributed by atoms with van der Waals surface area (Å²) < 4.78 is 54.0. The number of carbonyl (C=O) groups excluding carboxylic acids is 2. The molecule has 1 heterocycles. The van der Waals surface area contributed by atoms with E-state index in [-0.39, 0.29) is 24.4 Å². The monoisotopic (exact) mass is 543 g/mol. The van der Waals surface area contributed by atoms with Crippen molar-refractivity contribution in [2.24, 2.45) is 11.8 Å². The quantitative estimate of drug-likeness (QED) is 0.344. The summed E-state index contributed by atoms with van der Waals surface area (Å²) in [5, 5.41) is 15.9. The number of aliphatic hydroxyl groups excluding tert-OH is 1. The van der Waals surface area contributed by atoms with Crippen molar-refractivity contribution < 1.29 is 32.3 Å². The van der Waals surface area contributed by atoms with Crippen molar-refractivity contribution in [2.75, 3.05) is 26.2 Å². The molecular weight excluding hydrogens is 502 g/mol. The molecule has 2 aliphatic rings. The fourth-order valence-electron chi connectivity index (χ4n) is 5.43. The van der Waals surface area contributed by atoms with E-state index in [1.165, 1.54) is 13.0 Å². The van der Waals surface area contributed by atoms with Gasteiger partial charge in [0.05, 0.1) is 12.5 Å². The zero-order valence-electron chi connectivity index (χ0n) is 22.1. The predicted octanol–water partition coefficient (Wildman–Crippen LogP) is 4.99. The smallest absolute Gasteiger partial charge is 0.390 e. The number of alkyl halides is 4. The molecule has 0 bridgehead atoms. The molecule has 2 amide bonds. The van der Waals surface area contributed by atoms with Gasteiger partial charge in [0.2, 0.25) is 11.8 Å². The Morgan fingerprint density at radius 3 is 2.37 bits per heavy atom. The van der Waals surface area contributed by atoms with Crippen molar-refractivity contribution in [3.05, 3.63) is 35.4 Å². The lowest BCUT2D eigenvalue weighted by molar-refractivity contribution is -0.152. The summed E-state index contributed by atoms with van der Waals surface area (Å²) >= 11 is 0. The highest BCUT2D eigenvalue weighted by Crippen LogP contribution is 2.31. The van der Waals surface area contributed by atoms with E-state index in [0.717, 1.165) is 43.7 Å². The lowest BCUT2D eigenvalue weighted by Gasteiger charge is -2.33. The molecule has 38 heavy (non-hydrogen) atoms. The van der Waals surface area contributed by atoms with E-state index in [1.54, 1.807) is 18.2 Å². The Labute approximate surface area is 222 Å². The summed E-state index contributed by atoms with van der Waals surface area (Å²) in [4.78, 5) is 28.0. The highest BCUT2D eigenvalue weighted by molar-refractivity contribution is 5.88. The molecule has 6 nitrogen and oxygen atoms in total. The number of nitrogens with zero attached hydrogens (tertiary/aromatic N) is 1. The Kier molecular flexibility index (Phi) is 11.4. The lowest BCUT2D eigenvalue weighted by atomic mass is 9.84. The maximum atomic E-state index is 14.1. The van der Waals surface area contributed by atoms with Crippen LogP contribution < -0.4 is 10.6 Å². The first-order valence-electron chi connectivity index (χ1n) is 13.8. The number of carbonyl (C=O) groups is 2. The average molecular weight is 544 g/mol. The number of rotatable bonds is 11. The molecule has 1 saturated heterocycles. The molecule has 3 rings (SSSR count). The molecule has 1 aromatic rings. The Morgan fingerprint density at radius 1 is 1.08 bits per heavy atom. The van der Waals surface area contributed by atoms with Crippen LogP contribution in [0, 0.1) is 11.8 Å². The topological polar surface area (TPSA) is 81.7 Å². The molecule has 0 aromatic heterocycles. The van der Waals surface area contributed by atoms with Crippen LogP contribution in [0.3, 0.4) is 0 Å². The van der Waals surface area contributed by atoms with Gasteiger partial charge in [-0.1, -0.05) is 24.3 Å². The van der Waals surface area contributed by atoms with Crippen LogP contribution in [0.15, 0.2) is 24.3 Å². The summed E-state index contributed by atoms with van der Waals surface area (Å²) in [5.74, 6) is -0.640. The summed E-state index contributed by atoms with van der Waals surface area (Å²) in [6.07, 6.45) is -2.40. The Morgan fingerprint density at radius 2 is 1.74 bits per heavy atom. The van der Waals surface area contributed by atoms with Gasteiger partial charge in [0.15, 0.2) is 0 Å². The van der Waals surface area contributed by atoms with Crippen LogP contribution in [0.25, 0.3) is 0 Å². The molecule has 1 aliphatic carbocycles. The van der Waals surface area contributed by atoms with Gasteiger partial charge in [-0.2, -0.15) is 13.2 Å². The minimum Gasteiger partial charge on any atom is -0.393 e. The van der Waals surface area contributed by atoms with Crippen molar-refractivity contribution in [2.45, 2.75) is 89.2 Å². The summed E-state index contributed by atoms with van der Waals surface area (Å²) in [5.41, 5.74) is 0.591. The standard InChI is InChI=1S/C28H41F4N3O3/c1-19(29)22-3-2-4-23(17-22)26(27(38)34-18-21-11-14-33-15-12-21)35(16-13-28(30,31)32)25(37)10-7-20-5-8-24(36)9-6-20/h2-4,17,19-21,24,26,33,36H,5-16,18H2,1H3,(H,34,38). The third-order valence-corrected chi connectivity index (χ3v) is 7.81. The number of amides is 2. The molecule has 1 aromatic carbocycles. The number of nitrogens with one attached hydrogen (secondary N) is 2. The third-order valence-electron chi connectivity index (χ3n) is 7.81. The maximum Gasteiger partial charge on any atom is 0.390 e. The third kappa shape index (κ3) is 9.52. The van der Waals surface area contributed by atoms with Gasteiger partial charge in [0.1, 0.15) is 12.2 Å². The molecule has 10 heteroatoms. The molecule has 1 saturated carbocycles. The van der Waals surface area contributed by atoms with E-state index in [2.05, 4.69) is 10.6 Å². The molecule has 2 atom stereocenters. The van der Waals surface area contributed by atoms with Crippen LogP contribution in [0.2, 0.25) is 0 Å². The first kappa shape index (κ1) is 30.3. The van der Waals surface area contributed by atoms with Gasteiger partial charge in [-0.15, -0.1) is 0 Å². The first-order chi connectivity index (χ1) is 18.0. The van der Waals surface area contributed by atoms with Gasteiger partial charge in [0, 0.05) is 19.5 Å². The number of aliphatic hydroxyl groups is 1. The van der Waals surface area contributed by atoms with Crippen molar-refractivity contribution in [1.82, 2.24) is 15.5 Å². The fourth-order valence-corrected chi connectivity index (χ4v) is 5.43. The van der Waals surface area contributed by atoms with Gasteiger partial charge >= 0.3 is 6.18 Å². The second-order valence-electron chi connectivity index (χ2n) is 10.8. The van der Waals surface area contributed by atoms with E-state index in [4.69, 9.17) is 0 Å². The largest absolute Gasteiger partial charge is 0.393 e. The summed E-state index contributed by atoms with van der Waals surface area (Å²) in [6, 6.07) is 4.86. The lowest BCUT2D eigenvalue weighted by Crippen LogP contribution is -2.46. The van der Waals surface area contributed by atoms with Crippen LogP contribution in [0.5, 0.6) is 0 Å². The van der Waals surface area contributed by atoms with E-state index >= 15 is 0 Å². The fraction of sp³-hybridized carbons (Fsp3) is 0.714.